The molecule has 0 aliphatic carbocycles. The average Bonchev–Trinajstić information content (AvgIpc) is 2.84. The summed E-state index contributed by atoms with van der Waals surface area (Å²) in [6, 6.07) is 22.9. The molecule has 1 N–H and O–H groups in total. The zero-order chi connectivity index (χ0) is 24.1. The molecule has 0 saturated heterocycles. The molecule has 4 aromatic rings. The number of hydrogen-bond acceptors (Lipinski definition) is 3. The van der Waals surface area contributed by atoms with Crippen LogP contribution in [-0.2, 0) is 17.9 Å². The molecular formula is C28H29N3O3. The van der Waals surface area contributed by atoms with Gasteiger partial charge < -0.3 is 5.32 Å². The molecule has 0 bridgehead atoms. The summed E-state index contributed by atoms with van der Waals surface area (Å²) in [7, 11) is 0. The van der Waals surface area contributed by atoms with E-state index in [0.717, 1.165) is 22.4 Å². The molecule has 0 saturated carbocycles. The maximum atomic E-state index is 13.3. The van der Waals surface area contributed by atoms with Crippen molar-refractivity contribution in [1.29, 1.82) is 0 Å². The molecule has 0 unspecified atom stereocenters. The number of aromatic nitrogens is 2. The molecule has 0 aliphatic rings. The normalized spacial score (nSPS) is 11.0. The lowest BCUT2D eigenvalue weighted by Crippen LogP contribution is -2.40. The predicted molar refractivity (Wildman–Crippen MR) is 136 cm³/mol. The molecule has 34 heavy (non-hydrogen) atoms. The number of fused-ring (bicyclic) bond motifs is 1. The van der Waals surface area contributed by atoms with Crippen LogP contribution in [0.5, 0.6) is 0 Å². The number of carbonyl (C=O) groups is 1. The molecule has 1 amide bonds. The van der Waals surface area contributed by atoms with Crippen LogP contribution in [0, 0.1) is 13.8 Å². The summed E-state index contributed by atoms with van der Waals surface area (Å²) in [6.07, 6.45) is 1.46. The predicted octanol–water partition coefficient (Wildman–Crippen LogP) is 4.64. The van der Waals surface area contributed by atoms with Crippen LogP contribution in [0.25, 0.3) is 10.9 Å². The van der Waals surface area contributed by atoms with Gasteiger partial charge in [-0.05, 0) is 56.5 Å². The highest BCUT2D eigenvalue weighted by atomic mass is 16.2. The molecule has 3 aromatic carbocycles. The first-order valence-electron chi connectivity index (χ1n) is 11.6. The van der Waals surface area contributed by atoms with Gasteiger partial charge in [0.2, 0.25) is 5.91 Å². The molecule has 0 spiro atoms. The second-order valence-electron chi connectivity index (χ2n) is 8.70. The number of unbranched alkanes of at least 4 members (excludes halogenated alkanes) is 1. The molecule has 4 rings (SSSR count). The third-order valence-corrected chi connectivity index (χ3v) is 5.96. The number of rotatable bonds is 8. The van der Waals surface area contributed by atoms with E-state index in [2.05, 4.69) is 5.32 Å². The van der Waals surface area contributed by atoms with Crippen LogP contribution >= 0.6 is 0 Å². The highest BCUT2D eigenvalue weighted by Gasteiger charge is 2.13. The van der Waals surface area contributed by atoms with Crippen LogP contribution in [0.3, 0.4) is 0 Å². The van der Waals surface area contributed by atoms with Crippen LogP contribution in [0.15, 0.2) is 82.4 Å². The van der Waals surface area contributed by atoms with E-state index in [0.29, 0.717) is 36.7 Å². The van der Waals surface area contributed by atoms with E-state index in [1.54, 1.807) is 10.6 Å². The van der Waals surface area contributed by atoms with Crippen molar-refractivity contribution in [2.24, 2.45) is 0 Å². The summed E-state index contributed by atoms with van der Waals surface area (Å²) in [5.41, 5.74) is 4.06. The number of amides is 1. The Hall–Kier alpha value is -3.93. The molecular weight excluding hydrogens is 426 g/mol. The quantitative estimate of drug-likeness (QED) is 0.394. The fraction of sp³-hybridized carbons (Fsp3) is 0.250. The van der Waals surface area contributed by atoms with Crippen molar-refractivity contribution in [3.63, 3.8) is 0 Å². The number of benzene rings is 3. The fourth-order valence-electron chi connectivity index (χ4n) is 4.01. The van der Waals surface area contributed by atoms with Gasteiger partial charge in [-0.15, -0.1) is 0 Å². The van der Waals surface area contributed by atoms with Gasteiger partial charge in [0.25, 0.3) is 5.56 Å². The van der Waals surface area contributed by atoms with Crippen molar-refractivity contribution in [3.05, 3.63) is 110 Å². The SMILES string of the molecule is Cc1ccc(Cn2c(=O)n(CCCCC(=O)Nc3ccc(C)cc3)c(=O)c3ccccc32)cc1. The number of nitrogens with one attached hydrogen (secondary N) is 1. The van der Waals surface area contributed by atoms with Gasteiger partial charge in [-0.25, -0.2) is 4.79 Å². The summed E-state index contributed by atoms with van der Waals surface area (Å²) < 4.78 is 2.96. The van der Waals surface area contributed by atoms with Crippen LogP contribution in [0.4, 0.5) is 5.69 Å². The first kappa shape index (κ1) is 23.2. The summed E-state index contributed by atoms with van der Waals surface area (Å²) >= 11 is 0. The molecule has 0 fully saturated rings. The lowest BCUT2D eigenvalue weighted by molar-refractivity contribution is -0.116. The van der Waals surface area contributed by atoms with Crippen LogP contribution < -0.4 is 16.6 Å². The topological polar surface area (TPSA) is 73.1 Å². The van der Waals surface area contributed by atoms with Crippen LogP contribution in [0.1, 0.15) is 36.0 Å². The zero-order valence-electron chi connectivity index (χ0n) is 19.6. The molecule has 0 radical (unpaired) electrons. The van der Waals surface area contributed by atoms with Crippen molar-refractivity contribution in [2.75, 3.05) is 5.32 Å². The number of para-hydroxylation sites is 1. The maximum absolute atomic E-state index is 13.3. The lowest BCUT2D eigenvalue weighted by Gasteiger charge is -2.14. The van der Waals surface area contributed by atoms with Gasteiger partial charge in [-0.1, -0.05) is 59.7 Å². The van der Waals surface area contributed by atoms with Crippen molar-refractivity contribution < 1.29 is 4.79 Å². The Morgan fingerprint density at radius 1 is 0.794 bits per heavy atom. The average molecular weight is 456 g/mol. The Kier molecular flexibility index (Phi) is 7.07. The summed E-state index contributed by atoms with van der Waals surface area (Å²) in [6.45, 7) is 4.68. The molecule has 6 nitrogen and oxygen atoms in total. The van der Waals surface area contributed by atoms with Gasteiger partial charge in [-0.3, -0.25) is 18.7 Å². The van der Waals surface area contributed by atoms with Crippen LogP contribution in [-0.4, -0.2) is 15.0 Å². The van der Waals surface area contributed by atoms with Gasteiger partial charge in [0.05, 0.1) is 17.4 Å². The Labute approximate surface area is 198 Å². The van der Waals surface area contributed by atoms with E-state index in [1.165, 1.54) is 4.57 Å². The van der Waals surface area contributed by atoms with Crippen molar-refractivity contribution in [3.8, 4) is 0 Å². The molecule has 1 aromatic heterocycles. The second-order valence-corrected chi connectivity index (χ2v) is 8.70. The Morgan fingerprint density at radius 2 is 1.44 bits per heavy atom. The highest BCUT2D eigenvalue weighted by molar-refractivity contribution is 5.90. The molecule has 174 valence electrons. The summed E-state index contributed by atoms with van der Waals surface area (Å²) in [4.78, 5) is 38.6. The second kappa shape index (κ2) is 10.3. The minimum Gasteiger partial charge on any atom is -0.326 e. The number of nitrogens with zero attached hydrogens (tertiary/aromatic N) is 2. The highest BCUT2D eigenvalue weighted by Crippen LogP contribution is 2.12. The molecule has 0 aliphatic heterocycles. The number of hydrogen-bond donors (Lipinski definition) is 1. The Bertz CT molecular complexity index is 1410. The van der Waals surface area contributed by atoms with E-state index >= 15 is 0 Å². The van der Waals surface area contributed by atoms with Gasteiger partial charge in [-0.2, -0.15) is 0 Å². The van der Waals surface area contributed by atoms with Gasteiger partial charge in [0.1, 0.15) is 0 Å². The maximum Gasteiger partial charge on any atom is 0.331 e. The first-order valence-corrected chi connectivity index (χ1v) is 11.6. The third-order valence-electron chi connectivity index (χ3n) is 5.96. The number of carbonyl (C=O) groups excluding carboxylic acids is 1. The standard InChI is InChI=1S/C28H29N3O3/c1-20-10-14-22(15-11-20)19-31-25-8-4-3-7-24(25)27(33)30(28(31)34)18-6-5-9-26(32)29-23-16-12-21(2)13-17-23/h3-4,7-8,10-17H,5-6,9,18-19H2,1-2H3,(H,29,32). The largest absolute Gasteiger partial charge is 0.331 e. The number of anilines is 1. The minimum absolute atomic E-state index is 0.0773. The van der Waals surface area contributed by atoms with Crippen molar-refractivity contribution in [1.82, 2.24) is 9.13 Å². The fourth-order valence-corrected chi connectivity index (χ4v) is 4.01. The Balaban J connectivity index is 1.49. The number of aryl methyl sites for hydroxylation is 2. The first-order chi connectivity index (χ1) is 16.4. The van der Waals surface area contributed by atoms with Crippen molar-refractivity contribution >= 4 is 22.5 Å². The third kappa shape index (κ3) is 5.34. The van der Waals surface area contributed by atoms with E-state index in [4.69, 9.17) is 0 Å². The smallest absolute Gasteiger partial charge is 0.326 e. The molecule has 6 heteroatoms. The van der Waals surface area contributed by atoms with E-state index in [9.17, 15) is 14.4 Å². The molecule has 0 atom stereocenters. The summed E-state index contributed by atoms with van der Waals surface area (Å²) in [5, 5.41) is 3.40. The van der Waals surface area contributed by atoms with Gasteiger partial charge >= 0.3 is 5.69 Å². The minimum atomic E-state index is -0.326. The zero-order valence-corrected chi connectivity index (χ0v) is 19.6. The monoisotopic (exact) mass is 455 g/mol. The van der Waals surface area contributed by atoms with Crippen LogP contribution in [0.2, 0.25) is 0 Å². The van der Waals surface area contributed by atoms with Crippen molar-refractivity contribution in [2.45, 2.75) is 46.2 Å². The van der Waals surface area contributed by atoms with E-state index in [-0.39, 0.29) is 23.7 Å². The lowest BCUT2D eigenvalue weighted by atomic mass is 10.1. The summed E-state index contributed by atoms with van der Waals surface area (Å²) in [5.74, 6) is -0.0773. The molecule has 1 heterocycles. The van der Waals surface area contributed by atoms with Gasteiger partial charge in [0, 0.05) is 18.7 Å². The van der Waals surface area contributed by atoms with E-state index < -0.39 is 0 Å². The Morgan fingerprint density at radius 3 is 2.15 bits per heavy atom. The van der Waals surface area contributed by atoms with E-state index in [1.807, 2.05) is 80.6 Å². The van der Waals surface area contributed by atoms with Gasteiger partial charge in [0.15, 0.2) is 0 Å².